The summed E-state index contributed by atoms with van der Waals surface area (Å²) < 4.78 is 12.3. The van der Waals surface area contributed by atoms with E-state index in [2.05, 4.69) is 42.5 Å². The molecule has 1 unspecified atom stereocenters. The molecule has 0 radical (unpaired) electrons. The average molecular weight is 288 g/mol. The first-order valence-corrected chi connectivity index (χ1v) is 7.20. The van der Waals surface area contributed by atoms with Crippen molar-refractivity contribution in [2.75, 3.05) is 13.2 Å². The molecule has 21 heavy (non-hydrogen) atoms. The topological polar surface area (TPSA) is 60.2 Å². The summed E-state index contributed by atoms with van der Waals surface area (Å²) in [5.74, 6) is 0.353. The molecule has 1 aliphatic rings. The van der Waals surface area contributed by atoms with E-state index < -0.39 is 6.67 Å². The molecule has 1 aromatic carbocycles. The highest BCUT2D eigenvalue weighted by Gasteiger charge is 2.27. The minimum absolute atomic E-state index is 0.0580. The summed E-state index contributed by atoms with van der Waals surface area (Å²) in [4.78, 5) is 4.04. The van der Waals surface area contributed by atoms with Crippen LogP contribution in [0.2, 0.25) is 0 Å². The van der Waals surface area contributed by atoms with E-state index in [1.165, 1.54) is 27.8 Å². The number of halogens is 1. The van der Waals surface area contributed by atoms with Crippen LogP contribution in [0, 0.1) is 32.2 Å². The first-order valence-electron chi connectivity index (χ1n) is 7.20. The normalized spacial score (nSPS) is 17.3. The predicted octanol–water partition coefficient (Wildman–Crippen LogP) is 2.58. The number of alkyl halides is 1. The molecule has 0 bridgehead atoms. The van der Waals surface area contributed by atoms with Gasteiger partial charge in [0.15, 0.2) is 6.19 Å². The van der Waals surface area contributed by atoms with E-state index >= 15 is 0 Å². The molecule has 0 aliphatic heterocycles. The van der Waals surface area contributed by atoms with E-state index in [1.54, 1.807) is 0 Å². The molecule has 0 heterocycles. The Morgan fingerprint density at radius 1 is 1.43 bits per heavy atom. The second-order valence-corrected chi connectivity index (χ2v) is 5.42. The van der Waals surface area contributed by atoms with Gasteiger partial charge < -0.3 is 5.32 Å². The quantitative estimate of drug-likeness (QED) is 0.389. The highest BCUT2D eigenvalue weighted by Crippen LogP contribution is 2.37. The minimum atomic E-state index is -0.531. The lowest BCUT2D eigenvalue weighted by molar-refractivity contribution is 0.503. The Balaban J connectivity index is 2.28. The Labute approximate surface area is 125 Å². The number of hydrogen-bond donors (Lipinski definition) is 2. The molecule has 0 fully saturated rings. The Kier molecular flexibility index (Phi) is 4.79. The minimum Gasteiger partial charge on any atom is -0.349 e. The zero-order valence-corrected chi connectivity index (χ0v) is 12.8. The van der Waals surface area contributed by atoms with Crippen LogP contribution in [0.1, 0.15) is 40.3 Å². The van der Waals surface area contributed by atoms with E-state index in [9.17, 15) is 4.39 Å². The van der Waals surface area contributed by atoms with Crippen molar-refractivity contribution < 1.29 is 4.39 Å². The summed E-state index contributed by atoms with van der Waals surface area (Å²) in [6.07, 6.45) is 3.82. The van der Waals surface area contributed by atoms with Crippen molar-refractivity contribution in [1.29, 1.82) is 5.26 Å². The second kappa shape index (κ2) is 6.57. The molecule has 0 saturated carbocycles. The van der Waals surface area contributed by atoms with Gasteiger partial charge in [0.2, 0.25) is 5.96 Å². The Bertz CT molecular complexity index is 601. The van der Waals surface area contributed by atoms with E-state index in [0.717, 1.165) is 12.8 Å². The first-order chi connectivity index (χ1) is 10.1. The van der Waals surface area contributed by atoms with Crippen LogP contribution in [0.15, 0.2) is 11.1 Å². The number of guanidine groups is 1. The van der Waals surface area contributed by atoms with Crippen LogP contribution >= 0.6 is 0 Å². The van der Waals surface area contributed by atoms with Gasteiger partial charge >= 0.3 is 0 Å². The summed E-state index contributed by atoms with van der Waals surface area (Å²) in [7, 11) is 0. The largest absolute Gasteiger partial charge is 0.349 e. The van der Waals surface area contributed by atoms with Crippen molar-refractivity contribution in [1.82, 2.24) is 10.6 Å². The first kappa shape index (κ1) is 15.3. The van der Waals surface area contributed by atoms with Gasteiger partial charge in [-0.2, -0.15) is 5.26 Å². The second-order valence-electron chi connectivity index (χ2n) is 5.42. The third kappa shape index (κ3) is 3.15. The summed E-state index contributed by atoms with van der Waals surface area (Å²) in [6, 6.07) is 2.35. The molecule has 112 valence electrons. The zero-order chi connectivity index (χ0) is 15.4. The van der Waals surface area contributed by atoms with Crippen molar-refractivity contribution in [3.05, 3.63) is 33.9 Å². The van der Waals surface area contributed by atoms with Gasteiger partial charge in [-0.1, -0.05) is 6.07 Å². The fourth-order valence-electron chi connectivity index (χ4n) is 3.05. The lowest BCUT2D eigenvalue weighted by Gasteiger charge is -2.20. The Hall–Kier alpha value is -2.09. The summed E-state index contributed by atoms with van der Waals surface area (Å²) in [5.41, 5.74) is 6.56. The fourth-order valence-corrected chi connectivity index (χ4v) is 3.05. The van der Waals surface area contributed by atoms with Gasteiger partial charge in [-0.05, 0) is 61.4 Å². The molecule has 0 spiro atoms. The molecule has 0 aromatic heterocycles. The molecule has 1 aliphatic carbocycles. The maximum absolute atomic E-state index is 12.3. The SMILES string of the molecule is Cc1cc(C)c2c(c1C)C(NC(=NCCF)NC#N)CC2. The molecular weight excluding hydrogens is 267 g/mol. The molecule has 4 nitrogen and oxygen atoms in total. The molecular formula is C16H21FN4. The van der Waals surface area contributed by atoms with Crippen molar-refractivity contribution in [2.45, 2.75) is 39.7 Å². The number of nitrogens with zero attached hydrogens (tertiary/aromatic N) is 2. The standard InChI is InChI=1S/C16H21FN4/c1-10-8-11(2)13-4-5-14(15(13)12(10)3)21-16(20-9-18)19-7-6-17/h8,14H,4-7H2,1-3H3,(H2,19,20,21). The lowest BCUT2D eigenvalue weighted by atomic mass is 9.94. The molecule has 1 atom stereocenters. The molecule has 1 aromatic rings. The Morgan fingerprint density at radius 2 is 2.19 bits per heavy atom. The maximum atomic E-state index is 12.3. The van der Waals surface area contributed by atoms with Crippen molar-refractivity contribution in [2.24, 2.45) is 4.99 Å². The number of rotatable bonds is 3. The maximum Gasteiger partial charge on any atom is 0.205 e. The fraction of sp³-hybridized carbons (Fsp3) is 0.500. The van der Waals surface area contributed by atoms with Crippen LogP contribution in [0.5, 0.6) is 0 Å². The number of benzene rings is 1. The number of nitrogens with one attached hydrogen (secondary N) is 2. The number of nitriles is 1. The summed E-state index contributed by atoms with van der Waals surface area (Å²) in [6.45, 7) is 5.91. The van der Waals surface area contributed by atoms with Crippen LogP contribution in [-0.4, -0.2) is 19.2 Å². The molecule has 5 heteroatoms. The van der Waals surface area contributed by atoms with Crippen molar-refractivity contribution in [3.63, 3.8) is 0 Å². The number of fused-ring (bicyclic) bond motifs is 1. The highest BCUT2D eigenvalue weighted by molar-refractivity contribution is 5.82. The van der Waals surface area contributed by atoms with E-state index in [-0.39, 0.29) is 12.6 Å². The number of hydrogen-bond acceptors (Lipinski definition) is 2. The monoisotopic (exact) mass is 288 g/mol. The van der Waals surface area contributed by atoms with Crippen LogP contribution in [0.25, 0.3) is 0 Å². The van der Waals surface area contributed by atoms with Gasteiger partial charge in [0.1, 0.15) is 6.67 Å². The van der Waals surface area contributed by atoms with Gasteiger partial charge in [-0.3, -0.25) is 5.32 Å². The van der Waals surface area contributed by atoms with Gasteiger partial charge in [-0.25, -0.2) is 9.38 Å². The van der Waals surface area contributed by atoms with Gasteiger partial charge in [0, 0.05) is 0 Å². The van der Waals surface area contributed by atoms with Gasteiger partial charge in [0.05, 0.1) is 12.6 Å². The summed E-state index contributed by atoms with van der Waals surface area (Å²) in [5, 5.41) is 14.5. The lowest BCUT2D eigenvalue weighted by Crippen LogP contribution is -2.37. The summed E-state index contributed by atoms with van der Waals surface area (Å²) >= 11 is 0. The average Bonchev–Trinajstić information content (AvgIpc) is 2.87. The smallest absolute Gasteiger partial charge is 0.205 e. The van der Waals surface area contributed by atoms with Crippen LogP contribution in [0.3, 0.4) is 0 Å². The van der Waals surface area contributed by atoms with E-state index in [0.29, 0.717) is 5.96 Å². The highest BCUT2D eigenvalue weighted by atomic mass is 19.1. The van der Waals surface area contributed by atoms with Gasteiger partial charge in [-0.15, -0.1) is 0 Å². The molecule has 2 rings (SSSR count). The van der Waals surface area contributed by atoms with Crippen LogP contribution < -0.4 is 10.6 Å². The van der Waals surface area contributed by atoms with E-state index in [1.807, 2.05) is 6.19 Å². The van der Waals surface area contributed by atoms with Crippen LogP contribution in [-0.2, 0) is 6.42 Å². The van der Waals surface area contributed by atoms with E-state index in [4.69, 9.17) is 5.26 Å². The van der Waals surface area contributed by atoms with Gasteiger partial charge in [0.25, 0.3) is 0 Å². The number of aliphatic imine (C=N–C) groups is 1. The molecule has 2 N–H and O–H groups in total. The third-order valence-corrected chi connectivity index (χ3v) is 4.10. The molecule has 0 amide bonds. The predicted molar refractivity (Wildman–Crippen MR) is 81.9 cm³/mol. The Morgan fingerprint density at radius 3 is 2.86 bits per heavy atom. The zero-order valence-electron chi connectivity index (χ0n) is 12.8. The molecule has 0 saturated heterocycles. The van der Waals surface area contributed by atoms with Crippen molar-refractivity contribution in [3.8, 4) is 6.19 Å². The third-order valence-electron chi connectivity index (χ3n) is 4.10. The number of aryl methyl sites for hydroxylation is 2. The van der Waals surface area contributed by atoms with Crippen LogP contribution in [0.4, 0.5) is 4.39 Å². The van der Waals surface area contributed by atoms with Crippen molar-refractivity contribution >= 4 is 5.96 Å².